The number of carbonyl (C=O) groups excluding carboxylic acids is 2. The number of aromatic nitrogens is 1. The monoisotopic (exact) mass is 429 g/mol. The number of hydrogen-bond acceptors (Lipinski definition) is 7. The minimum absolute atomic E-state index is 0.0778. The molecule has 3 atom stereocenters. The Balaban J connectivity index is 1.53. The highest BCUT2D eigenvalue weighted by molar-refractivity contribution is 6.04. The number of carboxylic acids is 1. The maximum absolute atomic E-state index is 13.2. The molecule has 31 heavy (non-hydrogen) atoms. The van der Waals surface area contributed by atoms with E-state index in [-0.39, 0.29) is 30.7 Å². The van der Waals surface area contributed by atoms with Crippen LogP contribution >= 0.6 is 0 Å². The van der Waals surface area contributed by atoms with Crippen LogP contribution in [0.2, 0.25) is 0 Å². The summed E-state index contributed by atoms with van der Waals surface area (Å²) in [5, 5.41) is 15.4. The average molecular weight is 429 g/mol. The molecule has 0 bridgehead atoms. The summed E-state index contributed by atoms with van der Waals surface area (Å²) in [6.45, 7) is 1.88. The fourth-order valence-corrected chi connectivity index (χ4v) is 3.97. The summed E-state index contributed by atoms with van der Waals surface area (Å²) in [6.07, 6.45) is 0.264. The molecule has 10 heteroatoms. The first-order chi connectivity index (χ1) is 14.8. The Morgan fingerprint density at radius 3 is 2.81 bits per heavy atom. The van der Waals surface area contributed by atoms with E-state index in [1.54, 1.807) is 37.1 Å². The number of rotatable bonds is 4. The number of anilines is 1. The molecule has 2 N–H and O–H groups in total. The molecule has 0 radical (unpaired) electrons. The smallest absolute Gasteiger partial charge is 0.305 e. The third kappa shape index (κ3) is 4.38. The van der Waals surface area contributed by atoms with E-state index in [2.05, 4.69) is 10.5 Å². The third-order valence-corrected chi connectivity index (χ3v) is 5.53. The van der Waals surface area contributed by atoms with Crippen LogP contribution in [-0.2, 0) is 9.53 Å². The number of ether oxygens (including phenoxy) is 2. The first kappa shape index (κ1) is 20.9. The van der Waals surface area contributed by atoms with Crippen molar-refractivity contribution in [3.63, 3.8) is 0 Å². The molecular weight excluding hydrogens is 406 g/mol. The van der Waals surface area contributed by atoms with Crippen molar-refractivity contribution in [2.75, 3.05) is 19.0 Å². The van der Waals surface area contributed by atoms with Crippen LogP contribution in [0.15, 0.2) is 28.8 Å². The molecule has 2 aromatic rings. The number of aliphatic carboxylic acids is 1. The summed E-state index contributed by atoms with van der Waals surface area (Å²) in [4.78, 5) is 38.1. The Bertz CT molecular complexity index is 1020. The normalized spacial score (nSPS) is 23.1. The molecule has 2 amide bonds. The molecule has 0 spiro atoms. The van der Waals surface area contributed by atoms with Crippen molar-refractivity contribution < 1.29 is 33.5 Å². The van der Waals surface area contributed by atoms with E-state index in [0.717, 1.165) is 0 Å². The van der Waals surface area contributed by atoms with Crippen molar-refractivity contribution >= 4 is 23.5 Å². The van der Waals surface area contributed by atoms with Gasteiger partial charge in [-0.05, 0) is 38.0 Å². The van der Waals surface area contributed by atoms with Crippen molar-refractivity contribution in [1.82, 2.24) is 10.1 Å². The number of hydrogen-bond donors (Lipinski definition) is 2. The maximum atomic E-state index is 13.2. The minimum atomic E-state index is -0.916. The Kier molecular flexibility index (Phi) is 5.64. The van der Waals surface area contributed by atoms with E-state index >= 15 is 0 Å². The number of likely N-dealkylation sites (N-methyl/N-ethyl adjacent to an activating group) is 1. The SMILES string of the molecule is Cc1cc(C(=O)Nc2ccc3c(c2)C(=O)N(C)[C@H]2CC[C@H](CC(=O)O)O[C@@H]2CO3)no1. The first-order valence-corrected chi connectivity index (χ1v) is 9.97. The Hall–Kier alpha value is -3.40. The number of nitrogens with one attached hydrogen (secondary N) is 1. The van der Waals surface area contributed by atoms with Crippen LogP contribution in [0.4, 0.5) is 5.69 Å². The molecular formula is C21H23N3O7. The summed E-state index contributed by atoms with van der Waals surface area (Å²) < 4.78 is 16.7. The fraction of sp³-hybridized carbons (Fsp3) is 0.429. The van der Waals surface area contributed by atoms with Crippen LogP contribution in [0, 0.1) is 6.92 Å². The van der Waals surface area contributed by atoms with Crippen molar-refractivity contribution in [3.05, 3.63) is 41.3 Å². The lowest BCUT2D eigenvalue weighted by molar-refractivity contribution is -0.148. The molecule has 3 heterocycles. The van der Waals surface area contributed by atoms with Crippen molar-refractivity contribution in [1.29, 1.82) is 0 Å². The molecule has 1 aromatic heterocycles. The van der Waals surface area contributed by atoms with Crippen LogP contribution < -0.4 is 10.1 Å². The Morgan fingerprint density at radius 2 is 2.10 bits per heavy atom. The van der Waals surface area contributed by atoms with Gasteiger partial charge in [-0.3, -0.25) is 14.4 Å². The van der Waals surface area contributed by atoms with E-state index < -0.39 is 24.1 Å². The van der Waals surface area contributed by atoms with Gasteiger partial charge in [-0.15, -0.1) is 0 Å². The average Bonchev–Trinajstić information content (AvgIpc) is 3.17. The van der Waals surface area contributed by atoms with E-state index in [0.29, 0.717) is 35.6 Å². The molecule has 2 aliphatic heterocycles. The molecule has 164 valence electrons. The molecule has 1 fully saturated rings. The summed E-state index contributed by atoms with van der Waals surface area (Å²) in [5.41, 5.74) is 0.887. The van der Waals surface area contributed by atoms with Gasteiger partial charge in [-0.1, -0.05) is 5.16 Å². The van der Waals surface area contributed by atoms with E-state index in [4.69, 9.17) is 19.1 Å². The van der Waals surface area contributed by atoms with Crippen molar-refractivity contribution in [2.45, 2.75) is 44.4 Å². The second-order valence-electron chi connectivity index (χ2n) is 7.75. The molecule has 1 aromatic carbocycles. The number of fused-ring (bicyclic) bond motifs is 2. The van der Waals surface area contributed by atoms with E-state index in [1.807, 2.05) is 0 Å². The van der Waals surface area contributed by atoms with Gasteiger partial charge in [0.1, 0.15) is 24.2 Å². The van der Waals surface area contributed by atoms with Gasteiger partial charge in [0.05, 0.1) is 24.1 Å². The highest BCUT2D eigenvalue weighted by Gasteiger charge is 2.39. The molecule has 2 aliphatic rings. The largest absolute Gasteiger partial charge is 0.490 e. The third-order valence-electron chi connectivity index (χ3n) is 5.53. The van der Waals surface area contributed by atoms with Crippen LogP contribution in [0.1, 0.15) is 45.9 Å². The van der Waals surface area contributed by atoms with Gasteiger partial charge in [-0.25, -0.2) is 0 Å². The zero-order chi connectivity index (χ0) is 22.1. The summed E-state index contributed by atoms with van der Waals surface area (Å²) in [6, 6.07) is 6.09. The van der Waals surface area contributed by atoms with Crippen LogP contribution in [0.5, 0.6) is 5.75 Å². The lowest BCUT2D eigenvalue weighted by Crippen LogP contribution is -2.53. The summed E-state index contributed by atoms with van der Waals surface area (Å²) in [7, 11) is 1.69. The summed E-state index contributed by atoms with van der Waals surface area (Å²) >= 11 is 0. The Labute approximate surface area is 178 Å². The van der Waals surface area contributed by atoms with Gasteiger partial charge >= 0.3 is 5.97 Å². The van der Waals surface area contributed by atoms with Gasteiger partial charge in [0, 0.05) is 18.8 Å². The predicted octanol–water partition coefficient (Wildman–Crippen LogP) is 2.09. The minimum Gasteiger partial charge on any atom is -0.490 e. The van der Waals surface area contributed by atoms with E-state index in [1.165, 1.54) is 6.07 Å². The molecule has 1 saturated heterocycles. The van der Waals surface area contributed by atoms with Gasteiger partial charge in [-0.2, -0.15) is 0 Å². The lowest BCUT2D eigenvalue weighted by atomic mass is 9.94. The maximum Gasteiger partial charge on any atom is 0.305 e. The van der Waals surface area contributed by atoms with Gasteiger partial charge in [0.25, 0.3) is 11.8 Å². The van der Waals surface area contributed by atoms with Crippen LogP contribution in [0.3, 0.4) is 0 Å². The number of nitrogens with zero attached hydrogens (tertiary/aromatic N) is 2. The standard InChI is InChI=1S/C21H23N3O7/c1-11-7-15(23-31-11)20(27)22-12-3-6-17-14(8-12)21(28)24(2)16-5-4-13(9-19(25)26)30-18(16)10-29-17/h3,6-8,13,16,18H,4-5,9-10H2,1-2H3,(H,22,27)(H,25,26)/t13-,16+,18-/m1/s1. The van der Waals surface area contributed by atoms with Crippen LogP contribution in [0.25, 0.3) is 0 Å². The van der Waals surface area contributed by atoms with Gasteiger partial charge in [0.2, 0.25) is 0 Å². The topological polar surface area (TPSA) is 131 Å². The predicted molar refractivity (Wildman–Crippen MR) is 107 cm³/mol. The molecule has 0 saturated carbocycles. The zero-order valence-corrected chi connectivity index (χ0v) is 17.2. The van der Waals surface area contributed by atoms with Crippen LogP contribution in [-0.4, -0.2) is 64.9 Å². The number of carbonyl (C=O) groups is 3. The number of aryl methyl sites for hydroxylation is 1. The zero-order valence-electron chi connectivity index (χ0n) is 17.2. The fourth-order valence-electron chi connectivity index (χ4n) is 3.97. The molecule has 0 unspecified atom stereocenters. The van der Waals surface area contributed by atoms with Gasteiger partial charge in [0.15, 0.2) is 5.69 Å². The highest BCUT2D eigenvalue weighted by atomic mass is 16.5. The van der Waals surface area contributed by atoms with Crippen molar-refractivity contribution in [2.24, 2.45) is 0 Å². The number of amides is 2. The lowest BCUT2D eigenvalue weighted by Gasteiger charge is -2.42. The quantitative estimate of drug-likeness (QED) is 0.755. The highest BCUT2D eigenvalue weighted by Crippen LogP contribution is 2.32. The second-order valence-corrected chi connectivity index (χ2v) is 7.75. The molecule has 4 rings (SSSR count). The van der Waals surface area contributed by atoms with Crippen molar-refractivity contribution in [3.8, 4) is 5.75 Å². The number of benzene rings is 1. The second kappa shape index (κ2) is 8.38. The van der Waals surface area contributed by atoms with E-state index in [9.17, 15) is 14.4 Å². The molecule has 0 aliphatic carbocycles. The van der Waals surface area contributed by atoms with Gasteiger partial charge < -0.3 is 29.3 Å². The molecule has 10 nitrogen and oxygen atoms in total. The summed E-state index contributed by atoms with van der Waals surface area (Å²) in [5.74, 6) is -0.744. The Morgan fingerprint density at radius 1 is 1.29 bits per heavy atom. The number of carboxylic acid groups (broad SMARTS) is 1. The first-order valence-electron chi connectivity index (χ1n) is 9.97.